The first-order chi connectivity index (χ1) is 9.10. The van der Waals surface area contributed by atoms with Crippen LogP contribution < -0.4 is 0 Å². The zero-order valence-electron chi connectivity index (χ0n) is 11.6. The number of aryl methyl sites for hydroxylation is 2. The normalized spacial score (nSPS) is 10.5. The predicted molar refractivity (Wildman–Crippen MR) is 74.8 cm³/mol. The molecule has 0 N–H and O–H groups in total. The highest BCUT2D eigenvalue weighted by atomic mass is 16.2. The summed E-state index contributed by atoms with van der Waals surface area (Å²) in [5.41, 5.74) is 2.85. The summed E-state index contributed by atoms with van der Waals surface area (Å²) >= 11 is 0. The molecule has 0 aliphatic rings. The molecule has 0 atom stereocenters. The maximum absolute atomic E-state index is 12.2. The minimum Gasteiger partial charge on any atom is -0.336 e. The van der Waals surface area contributed by atoms with Crippen LogP contribution >= 0.6 is 0 Å². The van der Waals surface area contributed by atoms with Crippen LogP contribution in [0.25, 0.3) is 0 Å². The van der Waals surface area contributed by atoms with Crippen molar-refractivity contribution in [1.82, 2.24) is 14.7 Å². The van der Waals surface area contributed by atoms with E-state index >= 15 is 0 Å². The van der Waals surface area contributed by atoms with Gasteiger partial charge in [-0.15, -0.1) is 0 Å². The molecular weight excluding hydrogens is 238 g/mol. The molecule has 0 fully saturated rings. The number of aromatic nitrogens is 2. The van der Waals surface area contributed by atoms with Crippen LogP contribution in [-0.2, 0) is 20.0 Å². The van der Waals surface area contributed by atoms with Gasteiger partial charge in [0.15, 0.2) is 0 Å². The fourth-order valence-corrected chi connectivity index (χ4v) is 1.97. The first kappa shape index (κ1) is 13.3. The van der Waals surface area contributed by atoms with Gasteiger partial charge < -0.3 is 4.90 Å². The number of hydrogen-bond acceptors (Lipinski definition) is 2. The minimum atomic E-state index is 0.0216. The van der Waals surface area contributed by atoms with E-state index in [0.717, 1.165) is 17.7 Å². The Kier molecular flexibility index (Phi) is 4.00. The topological polar surface area (TPSA) is 38.1 Å². The molecule has 0 spiro atoms. The highest BCUT2D eigenvalue weighted by molar-refractivity contribution is 5.94. The van der Waals surface area contributed by atoms with Crippen LogP contribution in [0, 0.1) is 0 Å². The van der Waals surface area contributed by atoms with Crippen LogP contribution in [0.1, 0.15) is 28.5 Å². The van der Waals surface area contributed by atoms with E-state index in [9.17, 15) is 4.79 Å². The third-order valence-electron chi connectivity index (χ3n) is 3.12. The van der Waals surface area contributed by atoms with Crippen molar-refractivity contribution < 1.29 is 4.79 Å². The maximum Gasteiger partial charge on any atom is 0.253 e. The molecule has 0 saturated heterocycles. The average Bonchev–Trinajstić information content (AvgIpc) is 2.83. The number of hydrogen-bond donors (Lipinski definition) is 0. The summed E-state index contributed by atoms with van der Waals surface area (Å²) in [5, 5.41) is 4.28. The molecule has 0 aliphatic carbocycles. The Labute approximate surface area is 113 Å². The first-order valence-electron chi connectivity index (χ1n) is 6.43. The van der Waals surface area contributed by atoms with E-state index in [1.807, 2.05) is 43.6 Å². The quantitative estimate of drug-likeness (QED) is 0.842. The standard InChI is InChI=1S/C15H19N3O/c1-4-12-5-7-13(8-6-12)15(19)17(2)11-14-9-10-18(3)16-14/h5-10H,4,11H2,1-3H3. The molecule has 4 heteroatoms. The molecule has 0 aliphatic heterocycles. The second-order valence-corrected chi connectivity index (χ2v) is 4.69. The molecule has 1 aromatic heterocycles. The van der Waals surface area contributed by atoms with E-state index in [2.05, 4.69) is 12.0 Å². The van der Waals surface area contributed by atoms with E-state index in [1.165, 1.54) is 5.56 Å². The maximum atomic E-state index is 12.2. The van der Waals surface area contributed by atoms with Crippen LogP contribution in [0.5, 0.6) is 0 Å². The monoisotopic (exact) mass is 257 g/mol. The van der Waals surface area contributed by atoms with Gasteiger partial charge in [0.05, 0.1) is 12.2 Å². The SMILES string of the molecule is CCc1ccc(C(=O)N(C)Cc2ccn(C)n2)cc1. The van der Waals surface area contributed by atoms with Crippen LogP contribution in [0.3, 0.4) is 0 Å². The van der Waals surface area contributed by atoms with Crippen LogP contribution in [0.15, 0.2) is 36.5 Å². The zero-order valence-corrected chi connectivity index (χ0v) is 11.6. The summed E-state index contributed by atoms with van der Waals surface area (Å²) in [6, 6.07) is 9.69. The molecule has 0 saturated carbocycles. The molecule has 0 unspecified atom stereocenters. The third kappa shape index (κ3) is 3.22. The fourth-order valence-electron chi connectivity index (χ4n) is 1.97. The van der Waals surface area contributed by atoms with Crippen LogP contribution in [0.2, 0.25) is 0 Å². The summed E-state index contributed by atoms with van der Waals surface area (Å²) in [4.78, 5) is 13.9. The summed E-state index contributed by atoms with van der Waals surface area (Å²) in [6.45, 7) is 2.62. The summed E-state index contributed by atoms with van der Waals surface area (Å²) in [6.07, 6.45) is 2.86. The zero-order chi connectivity index (χ0) is 13.8. The average molecular weight is 257 g/mol. The van der Waals surface area contributed by atoms with E-state index in [1.54, 1.807) is 16.6 Å². The molecule has 19 heavy (non-hydrogen) atoms. The van der Waals surface area contributed by atoms with Gasteiger partial charge in [0.25, 0.3) is 5.91 Å². The van der Waals surface area contributed by atoms with E-state index in [0.29, 0.717) is 6.54 Å². The molecule has 100 valence electrons. The van der Waals surface area contributed by atoms with Crippen molar-refractivity contribution in [3.63, 3.8) is 0 Å². The van der Waals surface area contributed by atoms with Gasteiger partial charge in [-0.2, -0.15) is 5.10 Å². The molecule has 1 aromatic carbocycles. The van der Waals surface area contributed by atoms with Crippen LogP contribution in [0.4, 0.5) is 0 Å². The lowest BCUT2D eigenvalue weighted by Gasteiger charge is -2.16. The Hall–Kier alpha value is -2.10. The van der Waals surface area contributed by atoms with Crippen molar-refractivity contribution in [2.45, 2.75) is 19.9 Å². The van der Waals surface area contributed by atoms with Crippen LogP contribution in [-0.4, -0.2) is 27.6 Å². The number of carbonyl (C=O) groups excluding carboxylic acids is 1. The number of amides is 1. The third-order valence-corrected chi connectivity index (χ3v) is 3.12. The Morgan fingerprint density at radius 1 is 1.26 bits per heavy atom. The largest absolute Gasteiger partial charge is 0.336 e. The Bertz CT molecular complexity index is 557. The molecular formula is C15H19N3O. The summed E-state index contributed by atoms with van der Waals surface area (Å²) < 4.78 is 1.74. The lowest BCUT2D eigenvalue weighted by atomic mass is 10.1. The molecule has 1 amide bonds. The fraction of sp³-hybridized carbons (Fsp3) is 0.333. The van der Waals surface area contributed by atoms with Crippen molar-refractivity contribution >= 4 is 5.91 Å². The van der Waals surface area contributed by atoms with Gasteiger partial charge in [-0.05, 0) is 30.2 Å². The molecule has 4 nitrogen and oxygen atoms in total. The van der Waals surface area contributed by atoms with Crippen molar-refractivity contribution in [3.05, 3.63) is 53.3 Å². The first-order valence-corrected chi connectivity index (χ1v) is 6.43. The van der Waals surface area contributed by atoms with Gasteiger partial charge in [-0.1, -0.05) is 19.1 Å². The lowest BCUT2D eigenvalue weighted by molar-refractivity contribution is 0.0783. The van der Waals surface area contributed by atoms with Gasteiger partial charge in [-0.3, -0.25) is 9.48 Å². The Morgan fingerprint density at radius 3 is 2.47 bits per heavy atom. The molecule has 2 rings (SSSR count). The van der Waals surface area contributed by atoms with E-state index < -0.39 is 0 Å². The van der Waals surface area contributed by atoms with Gasteiger partial charge in [0.2, 0.25) is 0 Å². The van der Waals surface area contributed by atoms with Crippen molar-refractivity contribution in [1.29, 1.82) is 0 Å². The highest BCUT2D eigenvalue weighted by Gasteiger charge is 2.12. The van der Waals surface area contributed by atoms with E-state index in [-0.39, 0.29) is 5.91 Å². The smallest absolute Gasteiger partial charge is 0.253 e. The number of carbonyl (C=O) groups is 1. The number of rotatable bonds is 4. The number of benzene rings is 1. The van der Waals surface area contributed by atoms with Gasteiger partial charge in [0, 0.05) is 25.9 Å². The van der Waals surface area contributed by atoms with Crippen molar-refractivity contribution in [2.75, 3.05) is 7.05 Å². The summed E-state index contributed by atoms with van der Waals surface area (Å²) in [7, 11) is 3.67. The predicted octanol–water partition coefficient (Wildman–Crippen LogP) is 2.25. The highest BCUT2D eigenvalue weighted by Crippen LogP contribution is 2.09. The number of nitrogens with zero attached hydrogens (tertiary/aromatic N) is 3. The summed E-state index contributed by atoms with van der Waals surface area (Å²) in [5.74, 6) is 0.0216. The molecule has 1 heterocycles. The molecule has 0 radical (unpaired) electrons. The molecule has 2 aromatic rings. The second-order valence-electron chi connectivity index (χ2n) is 4.69. The second kappa shape index (κ2) is 5.69. The minimum absolute atomic E-state index is 0.0216. The Balaban J connectivity index is 2.05. The van der Waals surface area contributed by atoms with Gasteiger partial charge in [-0.25, -0.2) is 0 Å². The Morgan fingerprint density at radius 2 is 1.95 bits per heavy atom. The van der Waals surface area contributed by atoms with Gasteiger partial charge in [0.1, 0.15) is 0 Å². The van der Waals surface area contributed by atoms with E-state index in [4.69, 9.17) is 0 Å². The lowest BCUT2D eigenvalue weighted by Crippen LogP contribution is -2.26. The van der Waals surface area contributed by atoms with Crippen molar-refractivity contribution in [2.24, 2.45) is 7.05 Å². The van der Waals surface area contributed by atoms with Crippen molar-refractivity contribution in [3.8, 4) is 0 Å². The molecule has 0 bridgehead atoms. The van der Waals surface area contributed by atoms with Gasteiger partial charge >= 0.3 is 0 Å².